The lowest BCUT2D eigenvalue weighted by Crippen LogP contribution is -2.23. The number of hydrogen-bond donors (Lipinski definition) is 2. The molecule has 0 amide bonds. The zero-order valence-corrected chi connectivity index (χ0v) is 8.22. The molecule has 15 heavy (non-hydrogen) atoms. The van der Waals surface area contributed by atoms with Crippen molar-refractivity contribution in [2.45, 2.75) is 25.8 Å². The highest BCUT2D eigenvalue weighted by Crippen LogP contribution is 1.98. The van der Waals surface area contributed by atoms with E-state index in [4.69, 9.17) is 10.8 Å². The molecule has 1 heterocycles. The Morgan fingerprint density at radius 3 is 2.87 bits per heavy atom. The van der Waals surface area contributed by atoms with Gasteiger partial charge in [-0.15, -0.1) is 0 Å². The van der Waals surface area contributed by atoms with Crippen LogP contribution in [-0.2, 0) is 11.3 Å². The van der Waals surface area contributed by atoms with Gasteiger partial charge < -0.3 is 10.8 Å². The number of hydrogen-bond acceptors (Lipinski definition) is 4. The minimum atomic E-state index is -0.822. The van der Waals surface area contributed by atoms with Crippen molar-refractivity contribution in [3.63, 3.8) is 0 Å². The Morgan fingerprint density at radius 1 is 1.53 bits per heavy atom. The molecular weight excluding hydrogens is 198 g/mol. The van der Waals surface area contributed by atoms with Gasteiger partial charge in [-0.05, 0) is 18.9 Å². The fraction of sp³-hybridized carbons (Fsp3) is 0.444. The van der Waals surface area contributed by atoms with Crippen LogP contribution in [0.3, 0.4) is 0 Å². The number of rotatable bonds is 5. The molecule has 1 aromatic heterocycles. The lowest BCUT2D eigenvalue weighted by Gasteiger charge is -2.03. The summed E-state index contributed by atoms with van der Waals surface area (Å²) in [5.41, 5.74) is 4.92. The number of nitrogens with zero attached hydrogens (tertiary/aromatic N) is 2. The predicted octanol–water partition coefficient (Wildman–Crippen LogP) is 0.0804. The first-order chi connectivity index (χ1) is 7.09. The summed E-state index contributed by atoms with van der Waals surface area (Å²) in [6, 6.07) is 1.54. The Labute approximate surface area is 86.4 Å². The van der Waals surface area contributed by atoms with Gasteiger partial charge in [0, 0.05) is 19.2 Å². The normalized spacial score (nSPS) is 10.1. The summed E-state index contributed by atoms with van der Waals surface area (Å²) in [5, 5.41) is 8.40. The number of nitrogen functional groups attached to an aromatic ring is 1. The average Bonchev–Trinajstić information content (AvgIpc) is 2.14. The largest absolute Gasteiger partial charge is 0.481 e. The van der Waals surface area contributed by atoms with E-state index in [0.717, 1.165) is 0 Å². The van der Waals surface area contributed by atoms with Crippen LogP contribution in [0.5, 0.6) is 0 Å². The molecule has 0 spiro atoms. The SMILES string of the molecule is Nc1ccn(CCCCC(=O)O)c(=O)n1. The van der Waals surface area contributed by atoms with Gasteiger partial charge in [-0.2, -0.15) is 4.98 Å². The van der Waals surface area contributed by atoms with Crippen molar-refractivity contribution in [3.05, 3.63) is 22.7 Å². The lowest BCUT2D eigenvalue weighted by molar-refractivity contribution is -0.137. The van der Waals surface area contributed by atoms with Gasteiger partial charge in [0.25, 0.3) is 0 Å². The van der Waals surface area contributed by atoms with Crippen LogP contribution in [0, 0.1) is 0 Å². The molecule has 1 rings (SSSR count). The van der Waals surface area contributed by atoms with Crippen LogP contribution in [0.25, 0.3) is 0 Å². The third-order valence-corrected chi connectivity index (χ3v) is 1.94. The van der Waals surface area contributed by atoms with Crippen LogP contribution in [0.2, 0.25) is 0 Å². The third kappa shape index (κ3) is 3.80. The molecule has 0 aromatic carbocycles. The fourth-order valence-electron chi connectivity index (χ4n) is 1.17. The van der Waals surface area contributed by atoms with Gasteiger partial charge in [0.2, 0.25) is 0 Å². The molecule has 0 fully saturated rings. The summed E-state index contributed by atoms with van der Waals surface area (Å²) in [6.45, 7) is 0.472. The minimum Gasteiger partial charge on any atom is -0.481 e. The van der Waals surface area contributed by atoms with E-state index in [-0.39, 0.29) is 12.2 Å². The van der Waals surface area contributed by atoms with E-state index in [0.29, 0.717) is 19.4 Å². The predicted molar refractivity (Wildman–Crippen MR) is 54.4 cm³/mol. The van der Waals surface area contributed by atoms with Gasteiger partial charge in [0.05, 0.1) is 0 Å². The molecule has 0 bridgehead atoms. The molecule has 0 aliphatic heterocycles. The lowest BCUT2D eigenvalue weighted by atomic mass is 10.2. The minimum absolute atomic E-state index is 0.122. The zero-order valence-electron chi connectivity index (χ0n) is 8.22. The van der Waals surface area contributed by atoms with Crippen LogP contribution in [-0.4, -0.2) is 20.6 Å². The smallest absolute Gasteiger partial charge is 0.349 e. The maximum atomic E-state index is 11.2. The number of carboxylic acid groups (broad SMARTS) is 1. The number of aromatic nitrogens is 2. The first-order valence-electron chi connectivity index (χ1n) is 4.64. The Kier molecular flexibility index (Phi) is 3.84. The van der Waals surface area contributed by atoms with Crippen LogP contribution in [0.15, 0.2) is 17.1 Å². The second-order valence-corrected chi connectivity index (χ2v) is 3.18. The van der Waals surface area contributed by atoms with Crippen LogP contribution < -0.4 is 11.4 Å². The van der Waals surface area contributed by atoms with Crippen LogP contribution >= 0.6 is 0 Å². The summed E-state index contributed by atoms with van der Waals surface area (Å²) in [5.74, 6) is -0.625. The summed E-state index contributed by atoms with van der Waals surface area (Å²) in [7, 11) is 0. The topological polar surface area (TPSA) is 98.2 Å². The molecule has 0 radical (unpaired) electrons. The quantitative estimate of drug-likeness (QED) is 0.672. The van der Waals surface area contributed by atoms with E-state index in [1.54, 1.807) is 12.3 Å². The molecule has 1 aromatic rings. The number of aryl methyl sites for hydroxylation is 1. The summed E-state index contributed by atoms with van der Waals surface area (Å²) in [6.07, 6.45) is 2.87. The van der Waals surface area contributed by atoms with Crippen molar-refractivity contribution in [3.8, 4) is 0 Å². The second-order valence-electron chi connectivity index (χ2n) is 3.18. The molecule has 3 N–H and O–H groups in total. The molecule has 0 saturated heterocycles. The number of anilines is 1. The monoisotopic (exact) mass is 211 g/mol. The van der Waals surface area contributed by atoms with E-state index in [1.807, 2.05) is 0 Å². The van der Waals surface area contributed by atoms with E-state index < -0.39 is 11.7 Å². The summed E-state index contributed by atoms with van der Waals surface area (Å²) >= 11 is 0. The van der Waals surface area contributed by atoms with Gasteiger partial charge in [-0.3, -0.25) is 9.36 Å². The van der Waals surface area contributed by atoms with Gasteiger partial charge >= 0.3 is 11.7 Å². The van der Waals surface area contributed by atoms with E-state index >= 15 is 0 Å². The van der Waals surface area contributed by atoms with E-state index in [2.05, 4.69) is 4.98 Å². The average molecular weight is 211 g/mol. The first-order valence-corrected chi connectivity index (χ1v) is 4.64. The standard InChI is InChI=1S/C9H13N3O3/c10-7-4-6-12(9(15)11-7)5-2-1-3-8(13)14/h4,6H,1-3,5H2,(H,13,14)(H2,10,11,15). The van der Waals surface area contributed by atoms with Crippen molar-refractivity contribution in [2.24, 2.45) is 0 Å². The molecule has 6 nitrogen and oxygen atoms in total. The highest BCUT2D eigenvalue weighted by molar-refractivity contribution is 5.66. The van der Waals surface area contributed by atoms with E-state index in [9.17, 15) is 9.59 Å². The second kappa shape index (κ2) is 5.14. The third-order valence-electron chi connectivity index (χ3n) is 1.94. The molecule has 6 heteroatoms. The van der Waals surface area contributed by atoms with Gasteiger partial charge in [0.15, 0.2) is 0 Å². The van der Waals surface area contributed by atoms with Crippen molar-refractivity contribution < 1.29 is 9.90 Å². The number of carbonyl (C=O) groups is 1. The molecular formula is C9H13N3O3. The Balaban J connectivity index is 2.44. The number of nitrogens with two attached hydrogens (primary N) is 1. The van der Waals surface area contributed by atoms with Crippen molar-refractivity contribution in [1.29, 1.82) is 0 Å². The molecule has 82 valence electrons. The van der Waals surface area contributed by atoms with E-state index in [1.165, 1.54) is 4.57 Å². The molecule has 0 aliphatic rings. The maximum absolute atomic E-state index is 11.2. The molecule has 0 saturated carbocycles. The molecule has 0 atom stereocenters. The van der Waals surface area contributed by atoms with Crippen LogP contribution in [0.1, 0.15) is 19.3 Å². The van der Waals surface area contributed by atoms with Crippen molar-refractivity contribution >= 4 is 11.8 Å². The maximum Gasteiger partial charge on any atom is 0.349 e. The van der Waals surface area contributed by atoms with Crippen LogP contribution in [0.4, 0.5) is 5.82 Å². The first kappa shape index (κ1) is 11.2. The fourth-order valence-corrected chi connectivity index (χ4v) is 1.17. The summed E-state index contributed by atoms with van der Waals surface area (Å²) < 4.78 is 1.41. The molecule has 0 unspecified atom stereocenters. The highest BCUT2D eigenvalue weighted by Gasteiger charge is 1.99. The number of aliphatic carboxylic acids is 1. The van der Waals surface area contributed by atoms with Crippen molar-refractivity contribution in [2.75, 3.05) is 5.73 Å². The van der Waals surface area contributed by atoms with Gasteiger partial charge in [0.1, 0.15) is 5.82 Å². The highest BCUT2D eigenvalue weighted by atomic mass is 16.4. The molecule has 0 aliphatic carbocycles. The number of unbranched alkanes of at least 4 members (excludes halogenated alkanes) is 1. The number of carboxylic acids is 1. The van der Waals surface area contributed by atoms with Gasteiger partial charge in [-0.25, -0.2) is 4.79 Å². The van der Waals surface area contributed by atoms with Gasteiger partial charge in [-0.1, -0.05) is 0 Å². The Morgan fingerprint density at radius 2 is 2.27 bits per heavy atom. The Hall–Kier alpha value is -1.85. The summed E-state index contributed by atoms with van der Waals surface area (Å²) in [4.78, 5) is 25.0. The zero-order chi connectivity index (χ0) is 11.3. The Bertz CT molecular complexity index is 400. The van der Waals surface area contributed by atoms with Crippen molar-refractivity contribution in [1.82, 2.24) is 9.55 Å².